The van der Waals surface area contributed by atoms with Gasteiger partial charge in [-0.3, -0.25) is 4.90 Å². The molecule has 90 valence electrons. The highest BCUT2D eigenvalue weighted by atomic mass is 32.2. The van der Waals surface area contributed by atoms with E-state index in [2.05, 4.69) is 23.6 Å². The second-order valence-corrected chi connectivity index (χ2v) is 5.65. The molecule has 0 spiro atoms. The minimum Gasteiger partial charge on any atom is -0.396 e. The van der Waals surface area contributed by atoms with Crippen molar-refractivity contribution in [3.8, 4) is 0 Å². The van der Waals surface area contributed by atoms with Gasteiger partial charge in [0.2, 0.25) is 0 Å². The van der Waals surface area contributed by atoms with Crippen LogP contribution in [-0.2, 0) is 0 Å². The Balaban J connectivity index is 2.07. The van der Waals surface area contributed by atoms with Gasteiger partial charge in [-0.2, -0.15) is 11.8 Å². The van der Waals surface area contributed by atoms with Gasteiger partial charge in [0.25, 0.3) is 0 Å². The highest BCUT2D eigenvalue weighted by Crippen LogP contribution is 2.16. The van der Waals surface area contributed by atoms with E-state index in [-0.39, 0.29) is 0 Å². The summed E-state index contributed by atoms with van der Waals surface area (Å²) in [6.07, 6.45) is 6.09. The molecule has 0 saturated carbocycles. The summed E-state index contributed by atoms with van der Waals surface area (Å²) in [7, 11) is 0. The molecule has 0 radical (unpaired) electrons. The van der Waals surface area contributed by atoms with Gasteiger partial charge in [0, 0.05) is 24.9 Å². The minimum atomic E-state index is 0.358. The maximum Gasteiger partial charge on any atom is 0.0431 e. The molecular formula is C12H25NOS. The maximum absolute atomic E-state index is 8.68. The van der Waals surface area contributed by atoms with Crippen LogP contribution < -0.4 is 0 Å². The number of hydrogen-bond acceptors (Lipinski definition) is 3. The predicted octanol–water partition coefficient (Wildman–Crippen LogP) is 2.37. The summed E-state index contributed by atoms with van der Waals surface area (Å²) in [5.41, 5.74) is 0. The average molecular weight is 231 g/mol. The molecule has 1 N–H and O–H groups in total. The number of rotatable bonds is 6. The van der Waals surface area contributed by atoms with E-state index in [1.807, 2.05) is 0 Å². The zero-order valence-electron chi connectivity index (χ0n) is 9.95. The van der Waals surface area contributed by atoms with Gasteiger partial charge >= 0.3 is 0 Å². The fourth-order valence-corrected chi connectivity index (χ4v) is 3.13. The molecule has 0 bridgehead atoms. The summed E-state index contributed by atoms with van der Waals surface area (Å²) >= 11 is 2.10. The van der Waals surface area contributed by atoms with Crippen molar-refractivity contribution in [2.24, 2.45) is 0 Å². The van der Waals surface area contributed by atoms with Crippen molar-refractivity contribution in [1.29, 1.82) is 0 Å². The molecule has 0 aromatic rings. The first-order chi connectivity index (χ1) is 7.34. The van der Waals surface area contributed by atoms with Gasteiger partial charge in [-0.25, -0.2) is 0 Å². The maximum atomic E-state index is 8.68. The molecule has 1 aliphatic heterocycles. The predicted molar refractivity (Wildman–Crippen MR) is 68.5 cm³/mol. The molecule has 15 heavy (non-hydrogen) atoms. The summed E-state index contributed by atoms with van der Waals surface area (Å²) in [5, 5.41) is 8.68. The molecule has 0 aromatic carbocycles. The molecular weight excluding hydrogens is 206 g/mol. The van der Waals surface area contributed by atoms with E-state index in [0.717, 1.165) is 12.5 Å². The molecule has 1 atom stereocenters. The molecule has 3 heteroatoms. The summed E-state index contributed by atoms with van der Waals surface area (Å²) < 4.78 is 0. The fourth-order valence-electron chi connectivity index (χ4n) is 2.05. The fraction of sp³-hybridized carbons (Fsp3) is 1.00. The van der Waals surface area contributed by atoms with E-state index in [9.17, 15) is 0 Å². The van der Waals surface area contributed by atoms with E-state index >= 15 is 0 Å². The van der Waals surface area contributed by atoms with Gasteiger partial charge in [-0.15, -0.1) is 0 Å². The molecule has 0 unspecified atom stereocenters. The molecule has 1 saturated heterocycles. The molecule has 1 fully saturated rings. The first-order valence-corrected chi connectivity index (χ1v) is 7.42. The van der Waals surface area contributed by atoms with E-state index in [4.69, 9.17) is 5.11 Å². The molecule has 2 nitrogen and oxygen atoms in total. The van der Waals surface area contributed by atoms with Crippen molar-refractivity contribution < 1.29 is 5.11 Å². The Labute approximate surface area is 98.4 Å². The molecule has 0 aromatic heterocycles. The zero-order chi connectivity index (χ0) is 10.9. The largest absolute Gasteiger partial charge is 0.396 e. The third kappa shape index (κ3) is 5.79. The van der Waals surface area contributed by atoms with Gasteiger partial charge in [0.05, 0.1) is 0 Å². The minimum absolute atomic E-state index is 0.358. The molecule has 0 amide bonds. The Hall–Kier alpha value is 0.270. The summed E-state index contributed by atoms with van der Waals surface area (Å²) in [4.78, 5) is 2.64. The Morgan fingerprint density at radius 2 is 2.00 bits per heavy atom. The third-order valence-corrected chi connectivity index (χ3v) is 4.18. The lowest BCUT2D eigenvalue weighted by atomic mass is 10.1. The highest BCUT2D eigenvalue weighted by Gasteiger charge is 2.15. The van der Waals surface area contributed by atoms with Crippen LogP contribution in [0.25, 0.3) is 0 Å². The van der Waals surface area contributed by atoms with Crippen LogP contribution >= 0.6 is 11.8 Å². The molecule has 0 aliphatic carbocycles. The second kappa shape index (κ2) is 8.43. The normalized spacial score (nSPS) is 24.0. The number of nitrogens with zero attached hydrogens (tertiary/aromatic N) is 1. The Morgan fingerprint density at radius 3 is 2.80 bits per heavy atom. The Kier molecular flexibility index (Phi) is 7.49. The van der Waals surface area contributed by atoms with Crippen LogP contribution in [0, 0.1) is 0 Å². The lowest BCUT2D eigenvalue weighted by molar-refractivity contribution is 0.214. The van der Waals surface area contributed by atoms with Crippen molar-refractivity contribution in [2.45, 2.75) is 45.1 Å². The second-order valence-electron chi connectivity index (χ2n) is 4.42. The number of aliphatic hydroxyl groups is 1. The van der Waals surface area contributed by atoms with Gasteiger partial charge in [-0.1, -0.05) is 12.8 Å². The smallest absolute Gasteiger partial charge is 0.0431 e. The van der Waals surface area contributed by atoms with Crippen LogP contribution in [0.15, 0.2) is 0 Å². The summed E-state index contributed by atoms with van der Waals surface area (Å²) in [6.45, 7) is 5.25. The van der Waals surface area contributed by atoms with E-state index in [1.54, 1.807) is 0 Å². The lowest BCUT2D eigenvalue weighted by Crippen LogP contribution is -2.34. The van der Waals surface area contributed by atoms with Crippen molar-refractivity contribution in [1.82, 2.24) is 4.90 Å². The van der Waals surface area contributed by atoms with Gasteiger partial charge in [-0.05, 0) is 38.5 Å². The van der Waals surface area contributed by atoms with E-state index < -0.39 is 0 Å². The Morgan fingerprint density at radius 1 is 1.20 bits per heavy atom. The van der Waals surface area contributed by atoms with Crippen molar-refractivity contribution in [2.75, 3.05) is 31.2 Å². The first kappa shape index (κ1) is 13.3. The topological polar surface area (TPSA) is 23.5 Å². The average Bonchev–Trinajstić information content (AvgIpc) is 2.44. The quantitative estimate of drug-likeness (QED) is 0.710. The van der Waals surface area contributed by atoms with Gasteiger partial charge < -0.3 is 5.11 Å². The van der Waals surface area contributed by atoms with Crippen LogP contribution in [0.1, 0.15) is 39.0 Å². The van der Waals surface area contributed by atoms with Crippen molar-refractivity contribution in [3.05, 3.63) is 0 Å². The molecule has 1 rings (SSSR count). The van der Waals surface area contributed by atoms with Crippen LogP contribution in [0.2, 0.25) is 0 Å². The van der Waals surface area contributed by atoms with Gasteiger partial charge in [0.1, 0.15) is 0 Å². The summed E-state index contributed by atoms with van der Waals surface area (Å²) in [6, 6.07) is 0.776. The van der Waals surface area contributed by atoms with Crippen molar-refractivity contribution >= 4 is 11.8 Å². The number of aliphatic hydroxyl groups excluding tert-OH is 1. The number of thioether (sulfide) groups is 1. The van der Waals surface area contributed by atoms with Crippen LogP contribution in [0.4, 0.5) is 0 Å². The standard InChI is InChI=1S/C12H25NOS/c1-12-6-10-15-11-8-13(12)7-4-2-3-5-9-14/h12,14H,2-11H2,1H3/t12-/m1/s1. The monoisotopic (exact) mass is 231 g/mol. The van der Waals surface area contributed by atoms with Gasteiger partial charge in [0.15, 0.2) is 0 Å². The molecule has 1 heterocycles. The summed E-state index contributed by atoms with van der Waals surface area (Å²) in [5.74, 6) is 2.64. The SMILES string of the molecule is C[C@@H]1CCSCCN1CCCCCCO. The van der Waals surface area contributed by atoms with Crippen LogP contribution in [-0.4, -0.2) is 47.3 Å². The molecule has 1 aliphatic rings. The van der Waals surface area contributed by atoms with Crippen LogP contribution in [0.3, 0.4) is 0 Å². The van der Waals surface area contributed by atoms with E-state index in [1.165, 1.54) is 50.3 Å². The van der Waals surface area contributed by atoms with Crippen LogP contribution in [0.5, 0.6) is 0 Å². The first-order valence-electron chi connectivity index (χ1n) is 6.27. The Bertz CT molecular complexity index is 155. The number of hydrogen-bond donors (Lipinski definition) is 1. The van der Waals surface area contributed by atoms with Crippen molar-refractivity contribution in [3.63, 3.8) is 0 Å². The zero-order valence-corrected chi connectivity index (χ0v) is 10.8. The third-order valence-electron chi connectivity index (χ3n) is 3.18. The lowest BCUT2D eigenvalue weighted by Gasteiger charge is -2.26. The highest BCUT2D eigenvalue weighted by molar-refractivity contribution is 7.99. The number of unbranched alkanes of at least 4 members (excludes halogenated alkanes) is 3. The van der Waals surface area contributed by atoms with E-state index in [0.29, 0.717) is 6.61 Å².